The second-order valence-electron chi connectivity index (χ2n) is 4.14. The Kier molecular flexibility index (Phi) is 2.89. The lowest BCUT2D eigenvalue weighted by Gasteiger charge is -2.04. The molecule has 0 aliphatic rings. The third-order valence-corrected chi connectivity index (χ3v) is 2.76. The van der Waals surface area contributed by atoms with E-state index in [9.17, 15) is 0 Å². The Morgan fingerprint density at radius 2 is 1.95 bits per heavy atom. The predicted molar refractivity (Wildman–Crippen MR) is 71.0 cm³/mol. The molecule has 0 aliphatic heterocycles. The maximum absolute atomic E-state index is 5.67. The van der Waals surface area contributed by atoms with Crippen LogP contribution >= 0.6 is 0 Å². The second kappa shape index (κ2) is 4.85. The van der Waals surface area contributed by atoms with E-state index in [1.807, 2.05) is 36.4 Å². The minimum atomic E-state index is 0.595. The van der Waals surface area contributed by atoms with Crippen LogP contribution in [0.4, 0.5) is 5.69 Å². The Morgan fingerprint density at radius 3 is 2.68 bits per heavy atom. The molecule has 2 heterocycles. The number of nitrogen functional groups attached to an aromatic ring is 1. The summed E-state index contributed by atoms with van der Waals surface area (Å²) in [6.45, 7) is 0.595. The Morgan fingerprint density at radius 1 is 1.11 bits per heavy atom. The van der Waals surface area contributed by atoms with Gasteiger partial charge in [-0.3, -0.25) is 4.98 Å². The molecule has 3 rings (SSSR count). The van der Waals surface area contributed by atoms with Crippen molar-refractivity contribution < 1.29 is 0 Å². The Bertz CT molecular complexity index is 659. The van der Waals surface area contributed by atoms with Gasteiger partial charge in [-0.05, 0) is 40.3 Å². The van der Waals surface area contributed by atoms with Crippen molar-refractivity contribution in [3.8, 4) is 11.4 Å². The number of tetrazole rings is 1. The summed E-state index contributed by atoms with van der Waals surface area (Å²) in [7, 11) is 0. The summed E-state index contributed by atoms with van der Waals surface area (Å²) in [6, 6.07) is 11.4. The van der Waals surface area contributed by atoms with Gasteiger partial charge in [0, 0.05) is 23.6 Å². The summed E-state index contributed by atoms with van der Waals surface area (Å²) in [5.41, 5.74) is 8.39. The van der Waals surface area contributed by atoms with Crippen LogP contribution in [0.15, 0.2) is 48.8 Å². The average molecular weight is 252 g/mol. The van der Waals surface area contributed by atoms with E-state index in [4.69, 9.17) is 5.73 Å². The minimum Gasteiger partial charge on any atom is -0.399 e. The average Bonchev–Trinajstić information content (AvgIpc) is 2.90. The van der Waals surface area contributed by atoms with Crippen molar-refractivity contribution >= 4 is 5.69 Å². The highest BCUT2D eigenvalue weighted by molar-refractivity contribution is 5.52. The summed E-state index contributed by atoms with van der Waals surface area (Å²) >= 11 is 0. The van der Waals surface area contributed by atoms with Crippen LogP contribution in [0.1, 0.15) is 5.56 Å². The summed E-state index contributed by atoms with van der Waals surface area (Å²) in [5, 5.41) is 11.8. The highest BCUT2D eigenvalue weighted by Crippen LogP contribution is 2.15. The smallest absolute Gasteiger partial charge is 0.183 e. The predicted octanol–water partition coefficient (Wildman–Crippen LogP) is 1.37. The lowest BCUT2D eigenvalue weighted by Crippen LogP contribution is -2.04. The lowest BCUT2D eigenvalue weighted by atomic mass is 10.2. The first kappa shape index (κ1) is 11.3. The number of benzene rings is 1. The van der Waals surface area contributed by atoms with Crippen molar-refractivity contribution in [1.29, 1.82) is 0 Å². The molecule has 6 heteroatoms. The topological polar surface area (TPSA) is 82.5 Å². The van der Waals surface area contributed by atoms with E-state index in [1.54, 1.807) is 17.1 Å². The molecule has 0 bridgehead atoms. The molecular formula is C13H12N6. The molecule has 0 radical (unpaired) electrons. The molecule has 2 N–H and O–H groups in total. The van der Waals surface area contributed by atoms with E-state index in [0.29, 0.717) is 12.4 Å². The van der Waals surface area contributed by atoms with Gasteiger partial charge in [0.2, 0.25) is 0 Å². The van der Waals surface area contributed by atoms with E-state index in [-0.39, 0.29) is 0 Å². The van der Waals surface area contributed by atoms with Crippen LogP contribution in [0.2, 0.25) is 0 Å². The molecule has 0 unspecified atom stereocenters. The van der Waals surface area contributed by atoms with Crippen molar-refractivity contribution in [2.75, 3.05) is 5.73 Å². The van der Waals surface area contributed by atoms with Crippen LogP contribution in [0, 0.1) is 0 Å². The first-order valence-electron chi connectivity index (χ1n) is 5.84. The zero-order valence-corrected chi connectivity index (χ0v) is 10.1. The maximum Gasteiger partial charge on any atom is 0.183 e. The number of nitrogens with zero attached hydrogens (tertiary/aromatic N) is 5. The van der Waals surface area contributed by atoms with Gasteiger partial charge >= 0.3 is 0 Å². The number of rotatable bonds is 3. The standard InChI is InChI=1S/C13H12N6/c14-12-5-3-10(4-6-12)9-19-13(16-17-18-19)11-2-1-7-15-8-11/h1-8H,9,14H2. The Balaban J connectivity index is 1.91. The van der Waals surface area contributed by atoms with Gasteiger partial charge in [0.1, 0.15) is 0 Å². The largest absolute Gasteiger partial charge is 0.399 e. The summed E-state index contributed by atoms with van der Waals surface area (Å²) in [4.78, 5) is 4.07. The molecule has 94 valence electrons. The molecule has 3 aromatic rings. The molecule has 2 aromatic heterocycles. The van der Waals surface area contributed by atoms with Crippen LogP contribution in [0.5, 0.6) is 0 Å². The molecule has 0 saturated carbocycles. The third-order valence-electron chi connectivity index (χ3n) is 2.76. The third kappa shape index (κ3) is 2.42. The van der Waals surface area contributed by atoms with Crippen LogP contribution in [0.3, 0.4) is 0 Å². The SMILES string of the molecule is Nc1ccc(Cn2nnnc2-c2cccnc2)cc1. The first-order chi connectivity index (χ1) is 9.33. The summed E-state index contributed by atoms with van der Waals surface area (Å²) < 4.78 is 1.74. The Hall–Kier alpha value is -2.76. The molecule has 0 spiro atoms. The molecule has 0 fully saturated rings. The number of pyridine rings is 1. The van der Waals surface area contributed by atoms with E-state index in [0.717, 1.165) is 16.8 Å². The molecule has 0 atom stereocenters. The van der Waals surface area contributed by atoms with Gasteiger partial charge in [-0.15, -0.1) is 5.10 Å². The molecular weight excluding hydrogens is 240 g/mol. The van der Waals surface area contributed by atoms with Gasteiger partial charge in [0.15, 0.2) is 5.82 Å². The van der Waals surface area contributed by atoms with Crippen molar-refractivity contribution in [2.45, 2.75) is 6.54 Å². The molecule has 0 amide bonds. The van der Waals surface area contributed by atoms with Crippen LogP contribution in [0.25, 0.3) is 11.4 Å². The normalized spacial score (nSPS) is 10.5. The molecule has 19 heavy (non-hydrogen) atoms. The van der Waals surface area contributed by atoms with Gasteiger partial charge in [-0.1, -0.05) is 12.1 Å². The van der Waals surface area contributed by atoms with Crippen LogP contribution in [-0.2, 0) is 6.54 Å². The van der Waals surface area contributed by atoms with Crippen LogP contribution < -0.4 is 5.73 Å². The number of hydrogen-bond acceptors (Lipinski definition) is 5. The molecule has 6 nitrogen and oxygen atoms in total. The van der Waals surface area contributed by atoms with Crippen molar-refractivity contribution in [2.24, 2.45) is 0 Å². The quantitative estimate of drug-likeness (QED) is 0.712. The molecule has 0 saturated heterocycles. The van der Waals surface area contributed by atoms with Gasteiger partial charge in [0.25, 0.3) is 0 Å². The van der Waals surface area contributed by atoms with Gasteiger partial charge in [-0.25, -0.2) is 4.68 Å². The number of nitrogens with two attached hydrogens (primary N) is 1. The number of aromatic nitrogens is 5. The van der Waals surface area contributed by atoms with Crippen molar-refractivity contribution in [3.05, 3.63) is 54.4 Å². The van der Waals surface area contributed by atoms with Crippen LogP contribution in [-0.4, -0.2) is 25.2 Å². The molecule has 0 aliphatic carbocycles. The first-order valence-corrected chi connectivity index (χ1v) is 5.84. The highest BCUT2D eigenvalue weighted by atomic mass is 15.5. The summed E-state index contributed by atoms with van der Waals surface area (Å²) in [6.07, 6.45) is 3.46. The maximum atomic E-state index is 5.67. The zero-order valence-electron chi connectivity index (χ0n) is 10.1. The van der Waals surface area contributed by atoms with E-state index in [2.05, 4.69) is 20.5 Å². The second-order valence-corrected chi connectivity index (χ2v) is 4.14. The fourth-order valence-electron chi connectivity index (χ4n) is 1.81. The fourth-order valence-corrected chi connectivity index (χ4v) is 1.81. The summed E-state index contributed by atoms with van der Waals surface area (Å²) in [5.74, 6) is 0.699. The minimum absolute atomic E-state index is 0.595. The fraction of sp³-hybridized carbons (Fsp3) is 0.0769. The number of hydrogen-bond donors (Lipinski definition) is 1. The molecule has 1 aromatic carbocycles. The lowest BCUT2D eigenvalue weighted by molar-refractivity contribution is 0.653. The van der Waals surface area contributed by atoms with E-state index >= 15 is 0 Å². The van der Waals surface area contributed by atoms with E-state index in [1.165, 1.54) is 0 Å². The van der Waals surface area contributed by atoms with Crippen molar-refractivity contribution in [3.63, 3.8) is 0 Å². The zero-order chi connectivity index (χ0) is 13.1. The van der Waals surface area contributed by atoms with E-state index < -0.39 is 0 Å². The monoisotopic (exact) mass is 252 g/mol. The van der Waals surface area contributed by atoms with Gasteiger partial charge < -0.3 is 5.73 Å². The number of anilines is 1. The van der Waals surface area contributed by atoms with Gasteiger partial charge in [-0.2, -0.15) is 0 Å². The van der Waals surface area contributed by atoms with Crippen molar-refractivity contribution in [1.82, 2.24) is 25.2 Å². The van der Waals surface area contributed by atoms with Gasteiger partial charge in [0.05, 0.1) is 6.54 Å². The highest BCUT2D eigenvalue weighted by Gasteiger charge is 2.08. The Labute approximate surface area is 109 Å².